The van der Waals surface area contributed by atoms with Gasteiger partial charge in [-0.25, -0.2) is 9.36 Å². The van der Waals surface area contributed by atoms with Crippen molar-refractivity contribution < 1.29 is 4.52 Å². The molecule has 5 rings (SSSR count). The molecular formula is C20H24N6O2. The molecule has 1 saturated carbocycles. The van der Waals surface area contributed by atoms with Crippen molar-refractivity contribution in [2.75, 3.05) is 13.1 Å². The Balaban J connectivity index is 1.24. The molecule has 0 radical (unpaired) electrons. The molecule has 1 aliphatic carbocycles. The van der Waals surface area contributed by atoms with Gasteiger partial charge in [0.15, 0.2) is 5.82 Å². The van der Waals surface area contributed by atoms with E-state index >= 15 is 0 Å². The number of nitrogens with zero attached hydrogens (tertiary/aromatic N) is 6. The first-order valence-corrected chi connectivity index (χ1v) is 9.84. The fourth-order valence-corrected chi connectivity index (χ4v) is 4.02. The Morgan fingerprint density at radius 2 is 2.00 bits per heavy atom. The zero-order chi connectivity index (χ0) is 19.3. The van der Waals surface area contributed by atoms with Crippen molar-refractivity contribution >= 4 is 0 Å². The molecule has 0 N–H and O–H groups in total. The normalized spacial score (nSPS) is 17.8. The molecule has 8 heteroatoms. The molecule has 4 heterocycles. The Morgan fingerprint density at radius 3 is 2.71 bits per heavy atom. The molecule has 1 aliphatic heterocycles. The van der Waals surface area contributed by atoms with Gasteiger partial charge in [-0.15, -0.1) is 5.10 Å². The largest absolute Gasteiger partial charge is 0.361 e. The van der Waals surface area contributed by atoms with Gasteiger partial charge in [-0.1, -0.05) is 5.16 Å². The van der Waals surface area contributed by atoms with E-state index in [4.69, 9.17) is 4.52 Å². The number of hydrogen-bond acceptors (Lipinski definition) is 6. The van der Waals surface area contributed by atoms with Crippen molar-refractivity contribution in [2.24, 2.45) is 5.92 Å². The molecule has 28 heavy (non-hydrogen) atoms. The highest BCUT2D eigenvalue weighted by atomic mass is 16.5. The molecule has 3 aromatic rings. The molecule has 3 aromatic heterocycles. The van der Waals surface area contributed by atoms with Crippen LogP contribution in [0.1, 0.15) is 41.5 Å². The van der Waals surface area contributed by atoms with E-state index in [0.29, 0.717) is 24.2 Å². The molecule has 8 nitrogen and oxygen atoms in total. The molecule has 0 bridgehead atoms. The van der Waals surface area contributed by atoms with Crippen LogP contribution in [0.15, 0.2) is 33.7 Å². The van der Waals surface area contributed by atoms with Gasteiger partial charge in [0.2, 0.25) is 0 Å². The minimum Gasteiger partial charge on any atom is -0.361 e. The Labute approximate surface area is 162 Å². The lowest BCUT2D eigenvalue weighted by Gasteiger charge is -2.39. The summed E-state index contributed by atoms with van der Waals surface area (Å²) in [5.41, 5.74) is 3.08. The molecule has 0 amide bonds. The fourth-order valence-electron chi connectivity index (χ4n) is 4.02. The number of aryl methyl sites for hydroxylation is 2. The van der Waals surface area contributed by atoms with Gasteiger partial charge in [-0.3, -0.25) is 9.69 Å². The Bertz CT molecular complexity index is 1050. The van der Waals surface area contributed by atoms with E-state index in [1.54, 1.807) is 21.5 Å². The van der Waals surface area contributed by atoms with Crippen LogP contribution >= 0.6 is 0 Å². The zero-order valence-electron chi connectivity index (χ0n) is 16.2. The van der Waals surface area contributed by atoms with E-state index in [1.807, 2.05) is 26.1 Å². The lowest BCUT2D eigenvalue weighted by Crippen LogP contribution is -2.49. The van der Waals surface area contributed by atoms with Crippen LogP contribution in [0.5, 0.6) is 0 Å². The van der Waals surface area contributed by atoms with Gasteiger partial charge in [-0.05, 0) is 38.8 Å². The van der Waals surface area contributed by atoms with E-state index in [9.17, 15) is 4.79 Å². The molecular weight excluding hydrogens is 356 g/mol. The highest BCUT2D eigenvalue weighted by molar-refractivity contribution is 5.24. The van der Waals surface area contributed by atoms with E-state index in [1.165, 1.54) is 18.4 Å². The van der Waals surface area contributed by atoms with Crippen molar-refractivity contribution in [1.82, 2.24) is 29.6 Å². The maximum absolute atomic E-state index is 12.3. The quantitative estimate of drug-likeness (QED) is 0.651. The molecule has 146 valence electrons. The Hall–Kier alpha value is -2.74. The van der Waals surface area contributed by atoms with Crippen LogP contribution in [-0.2, 0) is 13.1 Å². The number of aromatic nitrogens is 5. The number of likely N-dealkylation sites (tertiary alicyclic amines) is 1. The van der Waals surface area contributed by atoms with Crippen molar-refractivity contribution in [3.63, 3.8) is 0 Å². The molecule has 2 aliphatic rings. The first kappa shape index (κ1) is 17.4. The average molecular weight is 380 g/mol. The molecule has 0 spiro atoms. The average Bonchev–Trinajstić information content (AvgIpc) is 3.28. The maximum Gasteiger partial charge on any atom is 0.266 e. The van der Waals surface area contributed by atoms with Gasteiger partial charge >= 0.3 is 0 Å². The van der Waals surface area contributed by atoms with Gasteiger partial charge < -0.3 is 4.52 Å². The standard InChI is InChI=1S/C20H24N6O2/c1-13-7-14(2)26(22-13)18-5-6-19(27)25(23-18)11-15-9-24(10-15)12-17-8-21-28-20(17)16-3-4-16/h5-8,15-16H,3-4,9-12H2,1-2H3. The topological polar surface area (TPSA) is 82.0 Å². The Morgan fingerprint density at radius 1 is 1.18 bits per heavy atom. The fraction of sp³-hybridized carbons (Fsp3) is 0.500. The highest BCUT2D eigenvalue weighted by Gasteiger charge is 2.33. The van der Waals surface area contributed by atoms with Gasteiger partial charge in [0.1, 0.15) is 5.76 Å². The predicted octanol–water partition coefficient (Wildman–Crippen LogP) is 2.04. The second-order valence-electron chi connectivity index (χ2n) is 8.10. The third-order valence-electron chi connectivity index (χ3n) is 5.56. The summed E-state index contributed by atoms with van der Waals surface area (Å²) < 4.78 is 8.78. The van der Waals surface area contributed by atoms with Crippen LogP contribution in [0.2, 0.25) is 0 Å². The van der Waals surface area contributed by atoms with Gasteiger partial charge in [0, 0.05) is 48.8 Å². The summed E-state index contributed by atoms with van der Waals surface area (Å²) in [5, 5.41) is 13.0. The predicted molar refractivity (Wildman–Crippen MR) is 102 cm³/mol. The van der Waals surface area contributed by atoms with Crippen LogP contribution in [0.4, 0.5) is 0 Å². The molecule has 0 atom stereocenters. The lowest BCUT2D eigenvalue weighted by atomic mass is 9.99. The smallest absolute Gasteiger partial charge is 0.266 e. The summed E-state index contributed by atoms with van der Waals surface area (Å²) in [6.07, 6.45) is 4.28. The van der Waals surface area contributed by atoms with Gasteiger partial charge in [0.05, 0.1) is 18.4 Å². The van der Waals surface area contributed by atoms with Crippen molar-refractivity contribution in [3.8, 4) is 5.82 Å². The second kappa shape index (κ2) is 6.70. The minimum absolute atomic E-state index is 0.0706. The summed E-state index contributed by atoms with van der Waals surface area (Å²) in [4.78, 5) is 14.6. The first-order valence-electron chi connectivity index (χ1n) is 9.84. The van der Waals surface area contributed by atoms with Crippen molar-refractivity contribution in [1.29, 1.82) is 0 Å². The molecule has 0 aromatic carbocycles. The van der Waals surface area contributed by atoms with Crippen LogP contribution < -0.4 is 5.56 Å². The molecule has 0 unspecified atom stereocenters. The third kappa shape index (κ3) is 3.28. The van der Waals surface area contributed by atoms with E-state index in [0.717, 1.165) is 36.8 Å². The highest BCUT2D eigenvalue weighted by Crippen LogP contribution is 2.42. The van der Waals surface area contributed by atoms with E-state index in [-0.39, 0.29) is 5.56 Å². The summed E-state index contributed by atoms with van der Waals surface area (Å²) in [6, 6.07) is 5.31. The minimum atomic E-state index is -0.0706. The Kier molecular flexibility index (Phi) is 4.16. The lowest BCUT2D eigenvalue weighted by molar-refractivity contribution is 0.0760. The van der Waals surface area contributed by atoms with Crippen LogP contribution in [0.25, 0.3) is 5.82 Å². The van der Waals surface area contributed by atoms with E-state index in [2.05, 4.69) is 20.3 Å². The van der Waals surface area contributed by atoms with Gasteiger partial charge in [-0.2, -0.15) is 5.10 Å². The van der Waals surface area contributed by atoms with E-state index < -0.39 is 0 Å². The van der Waals surface area contributed by atoms with Crippen molar-refractivity contribution in [2.45, 2.75) is 45.7 Å². The summed E-state index contributed by atoms with van der Waals surface area (Å²) in [7, 11) is 0. The summed E-state index contributed by atoms with van der Waals surface area (Å²) in [5.74, 6) is 2.75. The monoisotopic (exact) mass is 380 g/mol. The van der Waals surface area contributed by atoms with Crippen LogP contribution in [0, 0.1) is 19.8 Å². The summed E-state index contributed by atoms with van der Waals surface area (Å²) >= 11 is 0. The van der Waals surface area contributed by atoms with Crippen LogP contribution in [-0.4, -0.2) is 42.7 Å². The van der Waals surface area contributed by atoms with Gasteiger partial charge in [0.25, 0.3) is 5.56 Å². The number of hydrogen-bond donors (Lipinski definition) is 0. The summed E-state index contributed by atoms with van der Waals surface area (Å²) in [6.45, 7) is 7.34. The third-order valence-corrected chi connectivity index (χ3v) is 5.56. The maximum atomic E-state index is 12.3. The van der Waals surface area contributed by atoms with Crippen LogP contribution in [0.3, 0.4) is 0 Å². The SMILES string of the molecule is Cc1cc(C)n(-c2ccc(=O)n(CC3CN(Cc4cnoc4C4CC4)C3)n2)n1. The second-order valence-corrected chi connectivity index (χ2v) is 8.10. The molecule has 2 fully saturated rings. The van der Waals surface area contributed by atoms with Crippen molar-refractivity contribution in [3.05, 3.63) is 57.5 Å². The molecule has 1 saturated heterocycles. The number of rotatable bonds is 6. The zero-order valence-corrected chi connectivity index (χ0v) is 16.2. The first-order chi connectivity index (χ1) is 13.6.